The van der Waals surface area contributed by atoms with E-state index < -0.39 is 0 Å². The summed E-state index contributed by atoms with van der Waals surface area (Å²) in [5.74, 6) is 0.971. The van der Waals surface area contributed by atoms with Crippen LogP contribution in [-0.4, -0.2) is 9.97 Å². The predicted octanol–water partition coefficient (Wildman–Crippen LogP) is 12.3. The smallest absolute Gasteiger partial charge is 0.222 e. The highest BCUT2D eigenvalue weighted by Gasteiger charge is 2.12. The van der Waals surface area contributed by atoms with Crippen LogP contribution >= 0.6 is 0 Å². The van der Waals surface area contributed by atoms with Crippen LogP contribution in [0.3, 0.4) is 0 Å². The first-order chi connectivity index (χ1) is 24.2. The van der Waals surface area contributed by atoms with Crippen molar-refractivity contribution in [3.8, 4) is 78.8 Å². The van der Waals surface area contributed by atoms with Gasteiger partial charge in [-0.05, 0) is 62.7 Å². The topological polar surface area (TPSA) is 35.0 Å². The lowest BCUT2D eigenvalue weighted by Crippen LogP contribution is -1.95. The Hall–Kier alpha value is -6.58. The van der Waals surface area contributed by atoms with Crippen LogP contribution in [0.1, 0.15) is 0 Å². The maximum atomic E-state index is 6.41. The van der Waals surface area contributed by atoms with Crippen molar-refractivity contribution in [1.82, 2.24) is 9.97 Å². The van der Waals surface area contributed by atoms with Gasteiger partial charge in [-0.15, -0.1) is 0 Å². The molecule has 3 heteroatoms. The zero-order chi connectivity index (χ0) is 32.8. The molecule has 8 aromatic rings. The first-order valence-corrected chi connectivity index (χ1v) is 16.4. The lowest BCUT2D eigenvalue weighted by Gasteiger charge is -2.12. The molecule has 0 aliphatic heterocycles. The van der Waals surface area contributed by atoms with Gasteiger partial charge in [0.25, 0.3) is 0 Å². The second kappa shape index (κ2) is 13.6. The van der Waals surface area contributed by atoms with Crippen molar-refractivity contribution in [2.24, 2.45) is 0 Å². The first-order valence-electron chi connectivity index (χ1n) is 16.4. The minimum absolute atomic E-state index is 0.484. The van der Waals surface area contributed by atoms with Crippen LogP contribution in [0, 0.1) is 0 Å². The summed E-state index contributed by atoms with van der Waals surface area (Å²) in [6.45, 7) is 0. The Morgan fingerprint density at radius 2 is 0.673 bits per heavy atom. The average Bonchev–Trinajstić information content (AvgIpc) is 3.19. The van der Waals surface area contributed by atoms with Crippen molar-refractivity contribution < 1.29 is 4.74 Å². The normalized spacial score (nSPS) is 10.9. The van der Waals surface area contributed by atoms with Gasteiger partial charge in [0.05, 0.1) is 11.4 Å². The fraction of sp³-hybridized carbons (Fsp3) is 0. The Morgan fingerprint density at radius 3 is 1.27 bits per heavy atom. The molecule has 0 aliphatic carbocycles. The number of ether oxygens (including phenoxy) is 1. The van der Waals surface area contributed by atoms with Crippen LogP contribution in [0.4, 0.5) is 0 Å². The molecular weight excluding hydrogens is 597 g/mol. The van der Waals surface area contributed by atoms with Gasteiger partial charge >= 0.3 is 0 Å². The third-order valence-electron chi connectivity index (χ3n) is 8.61. The van der Waals surface area contributed by atoms with Gasteiger partial charge in [-0.3, -0.25) is 0 Å². The molecule has 0 N–H and O–H groups in total. The summed E-state index contributed by atoms with van der Waals surface area (Å²) >= 11 is 0. The number of nitrogens with zero attached hydrogens (tertiary/aromatic N) is 2. The van der Waals surface area contributed by atoms with Gasteiger partial charge in [0.1, 0.15) is 0 Å². The van der Waals surface area contributed by atoms with E-state index in [0.717, 1.165) is 44.8 Å². The molecule has 8 rings (SSSR count). The summed E-state index contributed by atoms with van der Waals surface area (Å²) in [7, 11) is 0. The molecule has 0 aliphatic rings. The van der Waals surface area contributed by atoms with Gasteiger partial charge in [0.15, 0.2) is 0 Å². The monoisotopic (exact) mass is 628 g/mol. The van der Waals surface area contributed by atoms with Crippen molar-refractivity contribution >= 4 is 0 Å². The highest BCUT2D eigenvalue weighted by atomic mass is 16.5. The Labute approximate surface area is 286 Å². The standard InChI is InChI=1S/C46H32N2O/c1-4-12-33(13-5-1)35-22-26-37(27-23-35)40-18-10-19-41(30-40)43-20-11-21-45(47-43)49-46-32-42(31-44(48-46)39-16-8-3-9-17-39)38-28-24-36(25-29-38)34-14-6-2-7-15-34/h1-32H. The quantitative estimate of drug-likeness (QED) is 0.168. The zero-order valence-electron chi connectivity index (χ0n) is 26.8. The Bertz CT molecular complexity index is 2320. The molecule has 0 bridgehead atoms. The van der Waals surface area contributed by atoms with Crippen molar-refractivity contribution in [1.29, 1.82) is 0 Å². The summed E-state index contributed by atoms with van der Waals surface area (Å²) < 4.78 is 6.41. The highest BCUT2D eigenvalue weighted by Crippen LogP contribution is 2.33. The summed E-state index contributed by atoms with van der Waals surface area (Å²) in [5, 5.41) is 0. The second-order valence-electron chi connectivity index (χ2n) is 11.9. The van der Waals surface area contributed by atoms with E-state index in [4.69, 9.17) is 14.7 Å². The van der Waals surface area contributed by atoms with Crippen LogP contribution in [-0.2, 0) is 0 Å². The van der Waals surface area contributed by atoms with E-state index >= 15 is 0 Å². The summed E-state index contributed by atoms with van der Waals surface area (Å²) in [6, 6.07) is 66.8. The van der Waals surface area contributed by atoms with Gasteiger partial charge in [-0.1, -0.05) is 164 Å². The van der Waals surface area contributed by atoms with E-state index in [1.165, 1.54) is 22.3 Å². The van der Waals surface area contributed by atoms with Gasteiger partial charge in [-0.2, -0.15) is 0 Å². The summed E-state index contributed by atoms with van der Waals surface area (Å²) in [6.07, 6.45) is 0. The fourth-order valence-electron chi connectivity index (χ4n) is 6.05. The molecule has 0 atom stereocenters. The largest absolute Gasteiger partial charge is 0.421 e. The van der Waals surface area contributed by atoms with Crippen molar-refractivity contribution in [2.45, 2.75) is 0 Å². The van der Waals surface area contributed by atoms with Gasteiger partial charge in [-0.25, -0.2) is 9.97 Å². The molecule has 0 amide bonds. The maximum Gasteiger partial charge on any atom is 0.222 e. The molecule has 0 unspecified atom stereocenters. The van der Waals surface area contributed by atoms with Crippen LogP contribution < -0.4 is 4.74 Å². The molecule has 0 fully saturated rings. The van der Waals surface area contributed by atoms with Crippen LogP contribution in [0.5, 0.6) is 11.8 Å². The predicted molar refractivity (Wildman–Crippen MR) is 201 cm³/mol. The third-order valence-corrected chi connectivity index (χ3v) is 8.61. The number of rotatable bonds is 8. The van der Waals surface area contributed by atoms with Crippen molar-refractivity contribution in [3.63, 3.8) is 0 Å². The van der Waals surface area contributed by atoms with Gasteiger partial charge in [0.2, 0.25) is 11.8 Å². The van der Waals surface area contributed by atoms with Crippen molar-refractivity contribution in [3.05, 3.63) is 194 Å². The van der Waals surface area contributed by atoms with Gasteiger partial charge < -0.3 is 4.74 Å². The fourth-order valence-corrected chi connectivity index (χ4v) is 6.05. The molecule has 3 nitrogen and oxygen atoms in total. The number of hydrogen-bond donors (Lipinski definition) is 0. The van der Waals surface area contributed by atoms with E-state index in [2.05, 4.69) is 140 Å². The Morgan fingerprint density at radius 1 is 0.245 bits per heavy atom. The van der Waals surface area contributed by atoms with Crippen LogP contribution in [0.2, 0.25) is 0 Å². The van der Waals surface area contributed by atoms with E-state index in [-0.39, 0.29) is 0 Å². The lowest BCUT2D eigenvalue weighted by atomic mass is 9.98. The highest BCUT2D eigenvalue weighted by molar-refractivity contribution is 5.76. The van der Waals surface area contributed by atoms with E-state index in [1.807, 2.05) is 54.6 Å². The van der Waals surface area contributed by atoms with E-state index in [1.54, 1.807) is 0 Å². The number of aromatic nitrogens is 2. The zero-order valence-corrected chi connectivity index (χ0v) is 26.8. The maximum absolute atomic E-state index is 6.41. The molecule has 6 aromatic carbocycles. The number of benzene rings is 6. The molecule has 0 spiro atoms. The van der Waals surface area contributed by atoms with E-state index in [9.17, 15) is 0 Å². The Balaban J connectivity index is 1.08. The molecule has 0 saturated carbocycles. The molecule has 2 heterocycles. The molecule has 0 saturated heterocycles. The summed E-state index contributed by atoms with van der Waals surface area (Å²) in [4.78, 5) is 9.83. The molecule has 232 valence electrons. The number of pyridine rings is 2. The summed E-state index contributed by atoms with van der Waals surface area (Å²) in [5.41, 5.74) is 12.9. The van der Waals surface area contributed by atoms with Crippen molar-refractivity contribution in [2.75, 3.05) is 0 Å². The van der Waals surface area contributed by atoms with E-state index in [0.29, 0.717) is 11.8 Å². The van der Waals surface area contributed by atoms with Gasteiger partial charge in [0, 0.05) is 23.3 Å². The van der Waals surface area contributed by atoms with Crippen LogP contribution in [0.15, 0.2) is 194 Å². The third kappa shape index (κ3) is 6.78. The second-order valence-corrected chi connectivity index (χ2v) is 11.9. The van der Waals surface area contributed by atoms with Crippen LogP contribution in [0.25, 0.3) is 67.0 Å². The lowest BCUT2D eigenvalue weighted by molar-refractivity contribution is 0.446. The molecule has 0 radical (unpaired) electrons. The Kier molecular flexibility index (Phi) is 8.30. The molecule has 49 heavy (non-hydrogen) atoms. The average molecular weight is 629 g/mol. The first kappa shape index (κ1) is 29.8. The molecular formula is C46H32N2O. The number of hydrogen-bond acceptors (Lipinski definition) is 3. The minimum Gasteiger partial charge on any atom is -0.421 e. The minimum atomic E-state index is 0.484. The SMILES string of the molecule is c1ccc(-c2ccc(-c3cccc(-c4cccc(Oc5cc(-c6ccc(-c7ccccc7)cc6)cc(-c6ccccc6)n5)n4)c3)cc2)cc1. The molecule has 2 aromatic heterocycles.